The van der Waals surface area contributed by atoms with Crippen LogP contribution in [0.4, 0.5) is 4.39 Å². The van der Waals surface area contributed by atoms with E-state index in [0.717, 1.165) is 41.8 Å². The summed E-state index contributed by atoms with van der Waals surface area (Å²) in [4.78, 5) is 3.23. The standard InChI is InChI=1S/C22H23FN2S/c23-19-6-7-22-21(13-19)18(14-25-22)15-26-11-9-20-12-17(8-10-24-20)16-4-2-1-3-5-16/h1-8,13-14,20,24-25H,9-12,15H2. The van der Waals surface area contributed by atoms with Gasteiger partial charge in [-0.25, -0.2) is 4.39 Å². The zero-order valence-corrected chi connectivity index (χ0v) is 15.5. The maximum atomic E-state index is 13.5. The molecular formula is C22H23FN2S. The Hall–Kier alpha value is -2.04. The van der Waals surface area contributed by atoms with Crippen molar-refractivity contribution in [2.24, 2.45) is 0 Å². The van der Waals surface area contributed by atoms with Gasteiger partial charge in [0, 0.05) is 35.4 Å². The number of aromatic amines is 1. The zero-order valence-electron chi connectivity index (χ0n) is 14.7. The number of H-pyrrole nitrogens is 1. The largest absolute Gasteiger partial charge is 0.361 e. The molecule has 2 nitrogen and oxygen atoms in total. The Morgan fingerprint density at radius 1 is 1.12 bits per heavy atom. The summed E-state index contributed by atoms with van der Waals surface area (Å²) in [6.07, 6.45) is 6.54. The van der Waals surface area contributed by atoms with Gasteiger partial charge >= 0.3 is 0 Å². The van der Waals surface area contributed by atoms with Gasteiger partial charge < -0.3 is 10.3 Å². The summed E-state index contributed by atoms with van der Waals surface area (Å²) in [6, 6.07) is 16.1. The van der Waals surface area contributed by atoms with Crippen molar-refractivity contribution in [2.45, 2.75) is 24.6 Å². The monoisotopic (exact) mass is 366 g/mol. The van der Waals surface area contributed by atoms with Gasteiger partial charge in [0.15, 0.2) is 0 Å². The molecule has 0 saturated carbocycles. The molecule has 1 atom stereocenters. The average Bonchev–Trinajstić information content (AvgIpc) is 3.08. The highest BCUT2D eigenvalue weighted by atomic mass is 32.2. The van der Waals surface area contributed by atoms with Crippen LogP contribution in [0.2, 0.25) is 0 Å². The molecule has 0 bridgehead atoms. The Morgan fingerprint density at radius 3 is 2.88 bits per heavy atom. The van der Waals surface area contributed by atoms with E-state index in [1.807, 2.05) is 24.0 Å². The highest BCUT2D eigenvalue weighted by Gasteiger charge is 2.15. The molecule has 1 aliphatic heterocycles. The second kappa shape index (κ2) is 8.11. The van der Waals surface area contributed by atoms with Gasteiger partial charge in [-0.2, -0.15) is 11.8 Å². The summed E-state index contributed by atoms with van der Waals surface area (Å²) in [5, 5.41) is 4.61. The van der Waals surface area contributed by atoms with Crippen LogP contribution >= 0.6 is 11.8 Å². The molecule has 1 unspecified atom stereocenters. The number of hydrogen-bond donors (Lipinski definition) is 2. The lowest BCUT2D eigenvalue weighted by Gasteiger charge is -2.24. The van der Waals surface area contributed by atoms with Gasteiger partial charge in [-0.1, -0.05) is 36.4 Å². The quantitative estimate of drug-likeness (QED) is 0.574. The summed E-state index contributed by atoms with van der Waals surface area (Å²) >= 11 is 1.92. The van der Waals surface area contributed by atoms with Gasteiger partial charge in [0.25, 0.3) is 0 Å². The van der Waals surface area contributed by atoms with Crippen molar-refractivity contribution in [1.82, 2.24) is 10.3 Å². The second-order valence-electron chi connectivity index (χ2n) is 6.75. The highest BCUT2D eigenvalue weighted by Crippen LogP contribution is 2.26. The minimum Gasteiger partial charge on any atom is -0.361 e. The van der Waals surface area contributed by atoms with Crippen molar-refractivity contribution in [3.63, 3.8) is 0 Å². The van der Waals surface area contributed by atoms with E-state index in [4.69, 9.17) is 0 Å². The average molecular weight is 367 g/mol. The Morgan fingerprint density at radius 2 is 2.00 bits per heavy atom. The predicted molar refractivity (Wildman–Crippen MR) is 110 cm³/mol. The van der Waals surface area contributed by atoms with Gasteiger partial charge in [0.05, 0.1) is 0 Å². The van der Waals surface area contributed by atoms with E-state index in [9.17, 15) is 4.39 Å². The minimum atomic E-state index is -0.171. The Labute approximate surface area is 157 Å². The van der Waals surface area contributed by atoms with Crippen LogP contribution in [0.5, 0.6) is 0 Å². The fraction of sp³-hybridized carbons (Fsp3) is 0.273. The van der Waals surface area contributed by atoms with E-state index in [1.54, 1.807) is 6.07 Å². The van der Waals surface area contributed by atoms with E-state index in [1.165, 1.54) is 22.8 Å². The fourth-order valence-corrected chi connectivity index (χ4v) is 4.59. The molecule has 4 heteroatoms. The number of thioether (sulfide) groups is 1. The van der Waals surface area contributed by atoms with Gasteiger partial charge in [0.2, 0.25) is 0 Å². The van der Waals surface area contributed by atoms with Crippen LogP contribution in [0.25, 0.3) is 16.5 Å². The molecule has 0 fully saturated rings. The molecule has 3 aromatic rings. The van der Waals surface area contributed by atoms with Crippen molar-refractivity contribution in [1.29, 1.82) is 0 Å². The topological polar surface area (TPSA) is 27.8 Å². The van der Waals surface area contributed by atoms with E-state index in [-0.39, 0.29) is 5.82 Å². The minimum absolute atomic E-state index is 0.171. The molecule has 0 amide bonds. The number of aromatic nitrogens is 1. The molecule has 0 saturated heterocycles. The highest BCUT2D eigenvalue weighted by molar-refractivity contribution is 7.98. The summed E-state index contributed by atoms with van der Waals surface area (Å²) < 4.78 is 13.5. The number of fused-ring (bicyclic) bond motifs is 1. The van der Waals surface area contributed by atoms with Crippen LogP contribution in [-0.4, -0.2) is 23.3 Å². The summed E-state index contributed by atoms with van der Waals surface area (Å²) in [7, 11) is 0. The summed E-state index contributed by atoms with van der Waals surface area (Å²) in [6.45, 7) is 0.946. The second-order valence-corrected chi connectivity index (χ2v) is 7.85. The third-order valence-electron chi connectivity index (χ3n) is 4.96. The van der Waals surface area contributed by atoms with Gasteiger partial charge in [-0.3, -0.25) is 0 Å². The smallest absolute Gasteiger partial charge is 0.123 e. The molecule has 26 heavy (non-hydrogen) atoms. The molecule has 4 rings (SSSR count). The van der Waals surface area contributed by atoms with E-state index in [2.05, 4.69) is 46.7 Å². The van der Waals surface area contributed by atoms with Gasteiger partial charge in [0.1, 0.15) is 5.82 Å². The third kappa shape index (κ3) is 4.02. The van der Waals surface area contributed by atoms with Crippen LogP contribution in [0.15, 0.2) is 60.8 Å². The maximum absolute atomic E-state index is 13.5. The fourth-order valence-electron chi connectivity index (χ4n) is 3.54. The van der Waals surface area contributed by atoms with Crippen molar-refractivity contribution >= 4 is 28.2 Å². The van der Waals surface area contributed by atoms with Gasteiger partial charge in [-0.15, -0.1) is 0 Å². The molecule has 134 valence electrons. The number of hydrogen-bond acceptors (Lipinski definition) is 2. The number of halogens is 1. The van der Waals surface area contributed by atoms with Crippen molar-refractivity contribution in [2.75, 3.05) is 12.3 Å². The molecule has 0 spiro atoms. The number of rotatable bonds is 6. The lowest BCUT2D eigenvalue weighted by atomic mass is 9.94. The first-order valence-electron chi connectivity index (χ1n) is 9.11. The Balaban J connectivity index is 1.28. The summed E-state index contributed by atoms with van der Waals surface area (Å²) in [5.74, 6) is 1.84. The van der Waals surface area contributed by atoms with E-state index in [0.29, 0.717) is 6.04 Å². The van der Waals surface area contributed by atoms with Crippen LogP contribution in [0.3, 0.4) is 0 Å². The van der Waals surface area contributed by atoms with Crippen LogP contribution < -0.4 is 5.32 Å². The number of benzene rings is 2. The first kappa shape index (κ1) is 17.4. The SMILES string of the molecule is Fc1ccc2[nH]cc(CSCCC3CC(c4ccccc4)=CCN3)c2c1. The molecule has 0 aliphatic carbocycles. The Bertz CT molecular complexity index is 901. The Kier molecular flexibility index (Phi) is 5.42. The van der Waals surface area contributed by atoms with Gasteiger partial charge in [-0.05, 0) is 53.5 Å². The van der Waals surface area contributed by atoms with E-state index >= 15 is 0 Å². The number of nitrogens with one attached hydrogen (secondary N) is 2. The van der Waals surface area contributed by atoms with Crippen molar-refractivity contribution in [3.05, 3.63) is 77.7 Å². The van der Waals surface area contributed by atoms with Crippen LogP contribution in [0.1, 0.15) is 24.0 Å². The lowest BCUT2D eigenvalue weighted by Crippen LogP contribution is -2.33. The summed E-state index contributed by atoms with van der Waals surface area (Å²) in [5.41, 5.74) is 4.98. The molecule has 1 aliphatic rings. The molecule has 2 aromatic carbocycles. The molecular weight excluding hydrogens is 343 g/mol. The maximum Gasteiger partial charge on any atom is 0.123 e. The van der Waals surface area contributed by atoms with Crippen LogP contribution in [0, 0.1) is 5.82 Å². The normalized spacial score (nSPS) is 17.4. The molecule has 1 aromatic heterocycles. The van der Waals surface area contributed by atoms with Crippen LogP contribution in [-0.2, 0) is 5.75 Å². The molecule has 2 heterocycles. The molecule has 2 N–H and O–H groups in total. The first-order chi connectivity index (χ1) is 12.8. The van der Waals surface area contributed by atoms with E-state index < -0.39 is 0 Å². The van der Waals surface area contributed by atoms with Crippen molar-refractivity contribution < 1.29 is 4.39 Å². The predicted octanol–water partition coefficient (Wildman–Crippen LogP) is 5.38. The van der Waals surface area contributed by atoms with Crippen molar-refractivity contribution in [3.8, 4) is 0 Å². The molecule has 0 radical (unpaired) electrons. The lowest BCUT2D eigenvalue weighted by molar-refractivity contribution is 0.525. The zero-order chi connectivity index (χ0) is 17.8. The third-order valence-corrected chi connectivity index (χ3v) is 6.00. The first-order valence-corrected chi connectivity index (χ1v) is 10.3.